The van der Waals surface area contributed by atoms with Gasteiger partial charge in [-0.1, -0.05) is 13.8 Å². The van der Waals surface area contributed by atoms with Crippen LogP contribution in [0.1, 0.15) is 32.8 Å². The Labute approximate surface area is 97.9 Å². The lowest BCUT2D eigenvalue weighted by molar-refractivity contribution is 0.606. The van der Waals surface area contributed by atoms with Crippen LogP contribution in [0.3, 0.4) is 0 Å². The van der Waals surface area contributed by atoms with Gasteiger partial charge in [0.05, 0.1) is 0 Å². The molecule has 0 saturated heterocycles. The van der Waals surface area contributed by atoms with Gasteiger partial charge in [0.2, 0.25) is 5.95 Å². The second kappa shape index (κ2) is 6.30. The zero-order valence-electron chi connectivity index (χ0n) is 10.7. The average molecular weight is 222 g/mol. The van der Waals surface area contributed by atoms with Crippen LogP contribution in [0.25, 0.3) is 0 Å². The molecule has 0 spiro atoms. The third-order valence-corrected chi connectivity index (χ3v) is 2.32. The predicted molar refractivity (Wildman–Crippen MR) is 68.9 cm³/mol. The van der Waals surface area contributed by atoms with E-state index in [1.807, 2.05) is 20.0 Å². The quantitative estimate of drug-likeness (QED) is 0.777. The van der Waals surface area contributed by atoms with E-state index in [1.165, 1.54) is 0 Å². The Hall–Kier alpha value is -1.32. The first-order valence-electron chi connectivity index (χ1n) is 5.94. The molecule has 0 aliphatic rings. The molecule has 90 valence electrons. The van der Waals surface area contributed by atoms with Gasteiger partial charge < -0.3 is 10.6 Å². The van der Waals surface area contributed by atoms with Crippen LogP contribution in [-0.4, -0.2) is 23.1 Å². The highest BCUT2D eigenvalue weighted by molar-refractivity contribution is 5.46. The number of hydrogen-bond acceptors (Lipinski definition) is 4. The molecule has 1 aromatic heterocycles. The van der Waals surface area contributed by atoms with Gasteiger partial charge in [0.1, 0.15) is 5.82 Å². The van der Waals surface area contributed by atoms with E-state index in [9.17, 15) is 0 Å². The molecule has 0 aliphatic carbocycles. The molecule has 0 fully saturated rings. The lowest BCUT2D eigenvalue weighted by Crippen LogP contribution is -2.10. The molecular formula is C12H22N4. The maximum atomic E-state index is 4.43. The van der Waals surface area contributed by atoms with Crippen molar-refractivity contribution >= 4 is 11.8 Å². The highest BCUT2D eigenvalue weighted by Gasteiger charge is 2.02. The number of rotatable bonds is 6. The lowest BCUT2D eigenvalue weighted by atomic mass is 10.1. The smallest absolute Gasteiger partial charge is 0.224 e. The van der Waals surface area contributed by atoms with Crippen molar-refractivity contribution in [2.75, 3.05) is 23.7 Å². The molecule has 0 radical (unpaired) electrons. The standard InChI is InChI=1S/C12H22N4/c1-5-13-12-15-8-10(4)11(16-12)14-7-6-9(2)3/h8-9H,5-7H2,1-4H3,(H2,13,14,15,16). The molecular weight excluding hydrogens is 200 g/mol. The van der Waals surface area contributed by atoms with Crippen molar-refractivity contribution < 1.29 is 0 Å². The van der Waals surface area contributed by atoms with Crippen molar-refractivity contribution in [1.82, 2.24) is 9.97 Å². The van der Waals surface area contributed by atoms with Crippen LogP contribution >= 0.6 is 0 Å². The number of aryl methyl sites for hydroxylation is 1. The monoisotopic (exact) mass is 222 g/mol. The Balaban J connectivity index is 2.59. The lowest BCUT2D eigenvalue weighted by Gasteiger charge is -2.11. The van der Waals surface area contributed by atoms with E-state index in [4.69, 9.17) is 0 Å². The third-order valence-electron chi connectivity index (χ3n) is 2.32. The van der Waals surface area contributed by atoms with E-state index in [-0.39, 0.29) is 0 Å². The minimum absolute atomic E-state index is 0.695. The molecule has 0 bridgehead atoms. The first kappa shape index (κ1) is 12.7. The maximum absolute atomic E-state index is 4.43. The van der Waals surface area contributed by atoms with E-state index in [1.54, 1.807) is 0 Å². The van der Waals surface area contributed by atoms with Crippen molar-refractivity contribution in [3.63, 3.8) is 0 Å². The van der Waals surface area contributed by atoms with Crippen molar-refractivity contribution in [2.45, 2.75) is 34.1 Å². The number of nitrogens with one attached hydrogen (secondary N) is 2. The van der Waals surface area contributed by atoms with Crippen LogP contribution in [0.4, 0.5) is 11.8 Å². The fraction of sp³-hybridized carbons (Fsp3) is 0.667. The summed E-state index contributed by atoms with van der Waals surface area (Å²) < 4.78 is 0. The minimum Gasteiger partial charge on any atom is -0.370 e. The van der Waals surface area contributed by atoms with Gasteiger partial charge in [0, 0.05) is 24.8 Å². The minimum atomic E-state index is 0.695. The summed E-state index contributed by atoms with van der Waals surface area (Å²) in [5.74, 6) is 2.34. The molecule has 4 nitrogen and oxygen atoms in total. The summed E-state index contributed by atoms with van der Waals surface area (Å²) in [6.07, 6.45) is 3.00. The Morgan fingerprint density at radius 2 is 2.06 bits per heavy atom. The summed E-state index contributed by atoms with van der Waals surface area (Å²) >= 11 is 0. The maximum Gasteiger partial charge on any atom is 0.224 e. The van der Waals surface area contributed by atoms with Crippen LogP contribution in [0.2, 0.25) is 0 Å². The SMILES string of the molecule is CCNc1ncc(C)c(NCCC(C)C)n1. The van der Waals surface area contributed by atoms with Crippen LogP contribution in [0, 0.1) is 12.8 Å². The zero-order chi connectivity index (χ0) is 12.0. The summed E-state index contributed by atoms with van der Waals surface area (Å²) in [7, 11) is 0. The highest BCUT2D eigenvalue weighted by Crippen LogP contribution is 2.12. The predicted octanol–water partition coefficient (Wildman–Crippen LogP) is 2.67. The number of anilines is 2. The molecule has 4 heteroatoms. The fourth-order valence-corrected chi connectivity index (χ4v) is 1.34. The van der Waals surface area contributed by atoms with E-state index >= 15 is 0 Å². The summed E-state index contributed by atoms with van der Waals surface area (Å²) in [5.41, 5.74) is 1.09. The van der Waals surface area contributed by atoms with E-state index in [0.717, 1.165) is 30.9 Å². The zero-order valence-corrected chi connectivity index (χ0v) is 10.7. The van der Waals surface area contributed by atoms with Crippen molar-refractivity contribution in [3.8, 4) is 0 Å². The van der Waals surface area contributed by atoms with Gasteiger partial charge in [0.25, 0.3) is 0 Å². The van der Waals surface area contributed by atoms with Gasteiger partial charge in [-0.2, -0.15) is 4.98 Å². The molecule has 1 aromatic rings. The molecule has 0 unspecified atom stereocenters. The number of nitrogens with zero attached hydrogens (tertiary/aromatic N) is 2. The van der Waals surface area contributed by atoms with Crippen molar-refractivity contribution in [1.29, 1.82) is 0 Å². The molecule has 0 atom stereocenters. The molecule has 0 aliphatic heterocycles. The van der Waals surface area contributed by atoms with E-state index in [0.29, 0.717) is 11.9 Å². The van der Waals surface area contributed by atoms with Gasteiger partial charge in [-0.3, -0.25) is 0 Å². The van der Waals surface area contributed by atoms with E-state index < -0.39 is 0 Å². The highest BCUT2D eigenvalue weighted by atomic mass is 15.1. The molecule has 1 rings (SSSR count). The summed E-state index contributed by atoms with van der Waals surface area (Å²) in [4.78, 5) is 8.64. The molecule has 0 aromatic carbocycles. The second-order valence-corrected chi connectivity index (χ2v) is 4.36. The van der Waals surface area contributed by atoms with Gasteiger partial charge >= 0.3 is 0 Å². The Bertz CT molecular complexity index is 323. The van der Waals surface area contributed by atoms with Gasteiger partial charge in [-0.15, -0.1) is 0 Å². The number of aromatic nitrogens is 2. The second-order valence-electron chi connectivity index (χ2n) is 4.36. The van der Waals surface area contributed by atoms with Crippen molar-refractivity contribution in [2.24, 2.45) is 5.92 Å². The number of hydrogen-bond donors (Lipinski definition) is 2. The van der Waals surface area contributed by atoms with Crippen LogP contribution in [0.15, 0.2) is 6.20 Å². The van der Waals surface area contributed by atoms with Gasteiger partial charge in [-0.25, -0.2) is 4.98 Å². The molecule has 2 N–H and O–H groups in total. The topological polar surface area (TPSA) is 49.8 Å². The fourth-order valence-electron chi connectivity index (χ4n) is 1.34. The largest absolute Gasteiger partial charge is 0.370 e. The summed E-state index contributed by atoms with van der Waals surface area (Å²) in [6, 6.07) is 0. The molecule has 1 heterocycles. The first-order valence-corrected chi connectivity index (χ1v) is 5.94. The summed E-state index contributed by atoms with van der Waals surface area (Å²) in [6.45, 7) is 10.3. The van der Waals surface area contributed by atoms with Crippen LogP contribution < -0.4 is 10.6 Å². The molecule has 16 heavy (non-hydrogen) atoms. The van der Waals surface area contributed by atoms with Gasteiger partial charge in [0.15, 0.2) is 0 Å². The van der Waals surface area contributed by atoms with E-state index in [2.05, 4.69) is 34.4 Å². The summed E-state index contributed by atoms with van der Waals surface area (Å²) in [5, 5.41) is 6.46. The molecule has 0 saturated carbocycles. The van der Waals surface area contributed by atoms with Crippen LogP contribution in [-0.2, 0) is 0 Å². The Kier molecular flexibility index (Phi) is 5.02. The van der Waals surface area contributed by atoms with Gasteiger partial charge in [-0.05, 0) is 26.2 Å². The van der Waals surface area contributed by atoms with Crippen LogP contribution in [0.5, 0.6) is 0 Å². The Morgan fingerprint density at radius 1 is 1.31 bits per heavy atom. The normalized spacial score (nSPS) is 10.6. The Morgan fingerprint density at radius 3 is 2.69 bits per heavy atom. The average Bonchev–Trinajstić information content (AvgIpc) is 2.22. The third kappa shape index (κ3) is 4.04. The van der Waals surface area contributed by atoms with Crippen molar-refractivity contribution in [3.05, 3.63) is 11.8 Å². The first-order chi connectivity index (χ1) is 7.63. The molecule has 0 amide bonds.